The summed E-state index contributed by atoms with van der Waals surface area (Å²) in [6.07, 6.45) is 8.02. The smallest absolute Gasteiger partial charge is 0.256 e. The molecule has 2 heterocycles. The number of nitrogens with one attached hydrogen (secondary N) is 1. The van der Waals surface area contributed by atoms with Crippen molar-refractivity contribution >= 4 is 17.7 Å². The van der Waals surface area contributed by atoms with Crippen molar-refractivity contribution in [2.24, 2.45) is 7.05 Å². The van der Waals surface area contributed by atoms with Crippen LogP contribution in [0.1, 0.15) is 16.8 Å². The van der Waals surface area contributed by atoms with Crippen molar-refractivity contribution in [2.45, 2.75) is 12.5 Å². The fourth-order valence-electron chi connectivity index (χ4n) is 2.11. The maximum Gasteiger partial charge on any atom is 0.256 e. The highest BCUT2D eigenvalue weighted by Gasteiger charge is 2.19. The fraction of sp³-hybridized carbons (Fsp3) is 0.429. The second-order valence-corrected chi connectivity index (χ2v) is 5.72. The van der Waals surface area contributed by atoms with Gasteiger partial charge in [-0.15, -0.1) is 0 Å². The molecular formula is C14H20N4O2S. The van der Waals surface area contributed by atoms with Crippen LogP contribution in [0.15, 0.2) is 30.7 Å². The Morgan fingerprint density at radius 2 is 2.19 bits per heavy atom. The third-order valence-electron chi connectivity index (χ3n) is 3.23. The lowest BCUT2D eigenvalue weighted by Gasteiger charge is -2.16. The first-order valence-corrected chi connectivity index (χ1v) is 8.12. The predicted octanol–water partition coefficient (Wildman–Crippen LogP) is 1.05. The quantitative estimate of drug-likeness (QED) is 0.802. The average Bonchev–Trinajstić information content (AvgIpc) is 3.11. The van der Waals surface area contributed by atoms with E-state index < -0.39 is 0 Å². The third-order valence-corrected chi connectivity index (χ3v) is 3.87. The molecule has 0 saturated carbocycles. The topological polar surface area (TPSA) is 72.1 Å². The van der Waals surface area contributed by atoms with Gasteiger partial charge in [0.25, 0.3) is 5.91 Å². The van der Waals surface area contributed by atoms with Gasteiger partial charge in [0.1, 0.15) is 11.4 Å². The van der Waals surface area contributed by atoms with Crippen LogP contribution in [0.25, 0.3) is 5.82 Å². The van der Waals surface area contributed by atoms with Crippen LogP contribution < -0.4 is 5.32 Å². The van der Waals surface area contributed by atoms with Crippen molar-refractivity contribution in [1.82, 2.24) is 19.7 Å². The van der Waals surface area contributed by atoms with Gasteiger partial charge in [-0.25, -0.2) is 0 Å². The molecule has 2 rings (SSSR count). The van der Waals surface area contributed by atoms with Gasteiger partial charge in [-0.3, -0.25) is 9.48 Å². The van der Waals surface area contributed by atoms with Gasteiger partial charge in [0.15, 0.2) is 0 Å². The summed E-state index contributed by atoms with van der Waals surface area (Å²) in [4.78, 5) is 12.4. The van der Waals surface area contributed by atoms with E-state index in [2.05, 4.69) is 10.4 Å². The van der Waals surface area contributed by atoms with Crippen LogP contribution in [0.5, 0.6) is 0 Å². The zero-order valence-corrected chi connectivity index (χ0v) is 13.0. The minimum absolute atomic E-state index is 0.0641. The van der Waals surface area contributed by atoms with Gasteiger partial charge in [0.05, 0.1) is 18.8 Å². The number of aliphatic hydroxyl groups is 1. The number of hydrogen-bond acceptors (Lipinski definition) is 4. The van der Waals surface area contributed by atoms with E-state index in [1.165, 1.54) is 0 Å². The fourth-order valence-corrected chi connectivity index (χ4v) is 2.63. The summed E-state index contributed by atoms with van der Waals surface area (Å²) in [5.74, 6) is 1.38. The van der Waals surface area contributed by atoms with Gasteiger partial charge in [0.2, 0.25) is 0 Å². The van der Waals surface area contributed by atoms with Crippen molar-refractivity contribution < 1.29 is 9.90 Å². The van der Waals surface area contributed by atoms with E-state index >= 15 is 0 Å². The largest absolute Gasteiger partial charge is 0.394 e. The van der Waals surface area contributed by atoms with Crippen molar-refractivity contribution in [3.8, 4) is 5.82 Å². The number of carbonyl (C=O) groups excluding carboxylic acids is 1. The molecule has 2 aromatic rings. The van der Waals surface area contributed by atoms with Gasteiger partial charge < -0.3 is 15.0 Å². The summed E-state index contributed by atoms with van der Waals surface area (Å²) in [6, 6.07) is 3.55. The Kier molecular flexibility index (Phi) is 5.46. The minimum atomic E-state index is -0.234. The number of aryl methyl sites for hydroxylation is 1. The molecule has 0 radical (unpaired) electrons. The zero-order chi connectivity index (χ0) is 15.2. The molecule has 0 fully saturated rings. The van der Waals surface area contributed by atoms with Crippen LogP contribution in [-0.4, -0.2) is 50.0 Å². The number of hydrogen-bond donors (Lipinski definition) is 2. The number of aromatic nitrogens is 3. The summed E-state index contributed by atoms with van der Waals surface area (Å²) in [7, 11) is 1.80. The average molecular weight is 308 g/mol. The van der Waals surface area contributed by atoms with Gasteiger partial charge >= 0.3 is 0 Å². The van der Waals surface area contributed by atoms with Gasteiger partial charge in [-0.1, -0.05) is 0 Å². The number of aliphatic hydroxyl groups excluding tert-OH is 1. The molecule has 21 heavy (non-hydrogen) atoms. The van der Waals surface area contributed by atoms with E-state index in [-0.39, 0.29) is 18.6 Å². The Morgan fingerprint density at radius 3 is 2.81 bits per heavy atom. The maximum atomic E-state index is 12.4. The van der Waals surface area contributed by atoms with E-state index in [9.17, 15) is 9.90 Å². The zero-order valence-electron chi connectivity index (χ0n) is 12.2. The molecular weight excluding hydrogens is 288 g/mol. The van der Waals surface area contributed by atoms with E-state index in [4.69, 9.17) is 0 Å². The third kappa shape index (κ3) is 3.68. The molecule has 0 bridgehead atoms. The summed E-state index contributed by atoms with van der Waals surface area (Å²) in [5, 5.41) is 16.4. The second kappa shape index (κ2) is 7.33. The van der Waals surface area contributed by atoms with E-state index in [0.29, 0.717) is 11.4 Å². The number of thioether (sulfide) groups is 1. The van der Waals surface area contributed by atoms with Crippen LogP contribution in [0.3, 0.4) is 0 Å². The molecule has 1 amide bonds. The Labute approximate surface area is 128 Å². The Hall–Kier alpha value is -1.73. The van der Waals surface area contributed by atoms with E-state index in [1.807, 2.05) is 35.3 Å². The Balaban J connectivity index is 2.16. The van der Waals surface area contributed by atoms with Crippen LogP contribution >= 0.6 is 11.8 Å². The molecule has 7 heteroatoms. The normalized spacial score (nSPS) is 12.3. The Bertz CT molecular complexity index is 580. The van der Waals surface area contributed by atoms with Crippen LogP contribution in [0.2, 0.25) is 0 Å². The highest BCUT2D eigenvalue weighted by molar-refractivity contribution is 7.98. The number of nitrogens with zero attached hydrogens (tertiary/aromatic N) is 3. The monoisotopic (exact) mass is 308 g/mol. The van der Waals surface area contributed by atoms with Gasteiger partial charge in [-0.05, 0) is 30.6 Å². The number of rotatable bonds is 7. The molecule has 0 aliphatic rings. The van der Waals surface area contributed by atoms with Crippen molar-refractivity contribution in [3.05, 3.63) is 36.3 Å². The molecule has 1 atom stereocenters. The van der Waals surface area contributed by atoms with Crippen LogP contribution in [-0.2, 0) is 7.05 Å². The summed E-state index contributed by atoms with van der Waals surface area (Å²) in [6.45, 7) is -0.0641. The molecule has 0 spiro atoms. The lowest BCUT2D eigenvalue weighted by molar-refractivity contribution is 0.0915. The number of carbonyl (C=O) groups is 1. The standard InChI is InChI=1S/C14H20N4O2S/c1-17-14(18-6-3-4-7-18)12(9-15-17)13(20)16-11(10-19)5-8-21-2/h3-4,6-7,9,11,19H,5,8,10H2,1-2H3,(H,16,20)/t11-/m1/s1. The highest BCUT2D eigenvalue weighted by Crippen LogP contribution is 2.14. The lowest BCUT2D eigenvalue weighted by Crippen LogP contribution is -2.38. The first-order valence-electron chi connectivity index (χ1n) is 6.73. The van der Waals surface area contributed by atoms with Crippen LogP contribution in [0, 0.1) is 0 Å². The molecule has 0 aliphatic heterocycles. The molecule has 0 aliphatic carbocycles. The lowest BCUT2D eigenvalue weighted by atomic mass is 10.2. The summed E-state index contributed by atoms with van der Waals surface area (Å²) in [5.41, 5.74) is 0.497. The molecule has 0 saturated heterocycles. The first-order chi connectivity index (χ1) is 10.2. The molecule has 2 aromatic heterocycles. The van der Waals surface area contributed by atoms with Crippen molar-refractivity contribution in [3.63, 3.8) is 0 Å². The SMILES string of the molecule is CSCC[C@H](CO)NC(=O)c1cnn(C)c1-n1cccc1. The Morgan fingerprint density at radius 1 is 1.48 bits per heavy atom. The first kappa shape index (κ1) is 15.7. The molecule has 0 unspecified atom stereocenters. The molecule has 114 valence electrons. The summed E-state index contributed by atoms with van der Waals surface area (Å²) < 4.78 is 3.50. The van der Waals surface area contributed by atoms with Crippen molar-refractivity contribution in [2.75, 3.05) is 18.6 Å². The minimum Gasteiger partial charge on any atom is -0.394 e. The van der Waals surface area contributed by atoms with E-state index in [0.717, 1.165) is 12.2 Å². The van der Waals surface area contributed by atoms with Crippen LogP contribution in [0.4, 0.5) is 0 Å². The predicted molar refractivity (Wildman–Crippen MR) is 83.9 cm³/mol. The molecule has 0 aromatic carbocycles. The molecule has 6 nitrogen and oxygen atoms in total. The van der Waals surface area contributed by atoms with Gasteiger partial charge in [0, 0.05) is 19.4 Å². The maximum absolute atomic E-state index is 12.4. The summed E-state index contributed by atoms with van der Waals surface area (Å²) >= 11 is 1.69. The number of amides is 1. The van der Waals surface area contributed by atoms with Gasteiger partial charge in [-0.2, -0.15) is 16.9 Å². The van der Waals surface area contributed by atoms with Crippen molar-refractivity contribution in [1.29, 1.82) is 0 Å². The second-order valence-electron chi connectivity index (χ2n) is 4.73. The highest BCUT2D eigenvalue weighted by atomic mass is 32.2. The van der Waals surface area contributed by atoms with E-state index in [1.54, 1.807) is 29.7 Å². The molecule has 2 N–H and O–H groups in total.